The van der Waals surface area contributed by atoms with Crippen molar-refractivity contribution in [3.05, 3.63) is 53.6 Å². The standard InChI is InChI=1S/C17H18F2N2O4S/c1-25-16-10-12(5-7-15(16)21-26(2,23)24)20-17(22)8-4-11-3-6-13(18)14(19)9-11/h3,5-7,9-10,21H,4,8H2,1-2H3,(H,20,22). The number of rotatable bonds is 7. The fourth-order valence-electron chi connectivity index (χ4n) is 2.23. The molecule has 9 heteroatoms. The van der Waals surface area contributed by atoms with Crippen LogP contribution >= 0.6 is 0 Å². The van der Waals surface area contributed by atoms with Gasteiger partial charge in [0.2, 0.25) is 15.9 Å². The smallest absolute Gasteiger partial charge is 0.229 e. The molecule has 0 aromatic heterocycles. The maximum absolute atomic E-state index is 13.2. The fraction of sp³-hybridized carbons (Fsp3) is 0.235. The van der Waals surface area contributed by atoms with Crippen LogP contribution in [0.1, 0.15) is 12.0 Å². The summed E-state index contributed by atoms with van der Waals surface area (Å²) in [6, 6.07) is 7.94. The number of hydrogen-bond donors (Lipinski definition) is 2. The van der Waals surface area contributed by atoms with Crippen molar-refractivity contribution < 1.29 is 26.7 Å². The van der Waals surface area contributed by atoms with E-state index in [-0.39, 0.29) is 30.2 Å². The molecule has 0 aliphatic rings. The number of carbonyl (C=O) groups is 1. The van der Waals surface area contributed by atoms with Gasteiger partial charge in [0.25, 0.3) is 0 Å². The van der Waals surface area contributed by atoms with E-state index in [1.54, 1.807) is 0 Å². The Morgan fingerprint density at radius 1 is 1.12 bits per heavy atom. The Labute approximate surface area is 150 Å². The summed E-state index contributed by atoms with van der Waals surface area (Å²) in [4.78, 5) is 12.0. The Hall–Kier alpha value is -2.68. The first-order valence-corrected chi connectivity index (χ1v) is 9.46. The van der Waals surface area contributed by atoms with E-state index in [9.17, 15) is 22.0 Å². The molecule has 2 N–H and O–H groups in total. The normalized spacial score (nSPS) is 11.1. The number of carbonyl (C=O) groups excluding carboxylic acids is 1. The van der Waals surface area contributed by atoms with Crippen LogP contribution in [0.2, 0.25) is 0 Å². The third-order valence-electron chi connectivity index (χ3n) is 3.41. The number of anilines is 2. The maximum Gasteiger partial charge on any atom is 0.229 e. The molecule has 140 valence electrons. The highest BCUT2D eigenvalue weighted by Crippen LogP contribution is 2.28. The lowest BCUT2D eigenvalue weighted by Gasteiger charge is -2.12. The number of hydrogen-bond acceptors (Lipinski definition) is 4. The quantitative estimate of drug-likeness (QED) is 0.769. The van der Waals surface area contributed by atoms with Gasteiger partial charge in [0, 0.05) is 18.2 Å². The third kappa shape index (κ3) is 5.69. The van der Waals surface area contributed by atoms with E-state index in [4.69, 9.17) is 4.74 Å². The summed E-state index contributed by atoms with van der Waals surface area (Å²) < 4.78 is 56.1. The summed E-state index contributed by atoms with van der Waals surface area (Å²) in [5, 5.41) is 2.64. The predicted octanol–water partition coefficient (Wildman–Crippen LogP) is 2.92. The number of benzene rings is 2. The zero-order valence-corrected chi connectivity index (χ0v) is 15.0. The summed E-state index contributed by atoms with van der Waals surface area (Å²) in [5.41, 5.74) is 1.16. The minimum atomic E-state index is -3.47. The molecule has 0 aliphatic heterocycles. The van der Waals surface area contributed by atoms with Crippen LogP contribution in [0.4, 0.5) is 20.2 Å². The van der Waals surface area contributed by atoms with Gasteiger partial charge in [-0.25, -0.2) is 17.2 Å². The highest BCUT2D eigenvalue weighted by atomic mass is 32.2. The zero-order valence-electron chi connectivity index (χ0n) is 14.2. The molecule has 0 aliphatic carbocycles. The van der Waals surface area contributed by atoms with E-state index in [0.29, 0.717) is 11.3 Å². The molecule has 0 spiro atoms. The molecule has 0 heterocycles. The number of methoxy groups -OCH3 is 1. The summed E-state index contributed by atoms with van der Waals surface area (Å²) >= 11 is 0. The number of ether oxygens (including phenoxy) is 1. The number of nitrogens with one attached hydrogen (secondary N) is 2. The number of sulfonamides is 1. The average molecular weight is 384 g/mol. The van der Waals surface area contributed by atoms with Crippen molar-refractivity contribution in [2.75, 3.05) is 23.4 Å². The number of aryl methyl sites for hydroxylation is 1. The SMILES string of the molecule is COc1cc(NC(=O)CCc2ccc(F)c(F)c2)ccc1NS(C)(=O)=O. The van der Waals surface area contributed by atoms with Crippen molar-refractivity contribution in [1.29, 1.82) is 0 Å². The summed E-state index contributed by atoms with van der Waals surface area (Å²) in [5.74, 6) is -1.98. The lowest BCUT2D eigenvalue weighted by molar-refractivity contribution is -0.116. The summed E-state index contributed by atoms with van der Waals surface area (Å²) in [7, 11) is -2.09. The first kappa shape index (κ1) is 19.6. The Bertz CT molecular complexity index is 917. The molecule has 2 aromatic carbocycles. The minimum Gasteiger partial charge on any atom is -0.494 e. The van der Waals surface area contributed by atoms with E-state index in [2.05, 4.69) is 10.0 Å². The van der Waals surface area contributed by atoms with E-state index in [1.807, 2.05) is 0 Å². The highest BCUT2D eigenvalue weighted by Gasteiger charge is 2.11. The summed E-state index contributed by atoms with van der Waals surface area (Å²) in [6.07, 6.45) is 1.32. The van der Waals surface area contributed by atoms with Gasteiger partial charge in [-0.3, -0.25) is 9.52 Å². The molecule has 0 radical (unpaired) electrons. The van der Waals surface area contributed by atoms with Gasteiger partial charge in [-0.1, -0.05) is 6.07 Å². The zero-order chi connectivity index (χ0) is 19.3. The second-order valence-corrected chi connectivity index (χ2v) is 7.33. The highest BCUT2D eigenvalue weighted by molar-refractivity contribution is 7.92. The van der Waals surface area contributed by atoms with Gasteiger partial charge < -0.3 is 10.1 Å². The van der Waals surface area contributed by atoms with Crippen molar-refractivity contribution in [3.63, 3.8) is 0 Å². The number of halogens is 2. The molecule has 0 fully saturated rings. The van der Waals surface area contributed by atoms with Crippen molar-refractivity contribution in [2.24, 2.45) is 0 Å². The average Bonchev–Trinajstić information content (AvgIpc) is 2.56. The largest absolute Gasteiger partial charge is 0.494 e. The van der Waals surface area contributed by atoms with Gasteiger partial charge in [-0.2, -0.15) is 0 Å². The van der Waals surface area contributed by atoms with Gasteiger partial charge in [0.1, 0.15) is 5.75 Å². The lowest BCUT2D eigenvalue weighted by Crippen LogP contribution is -2.13. The summed E-state index contributed by atoms with van der Waals surface area (Å²) in [6.45, 7) is 0. The molecule has 0 unspecified atom stereocenters. The van der Waals surface area contributed by atoms with Crippen LogP contribution in [0.15, 0.2) is 36.4 Å². The van der Waals surface area contributed by atoms with E-state index in [0.717, 1.165) is 18.4 Å². The molecule has 0 atom stereocenters. The molecule has 2 rings (SSSR count). The number of amides is 1. The molecule has 0 saturated carbocycles. The van der Waals surface area contributed by atoms with Crippen molar-refractivity contribution >= 4 is 27.3 Å². The van der Waals surface area contributed by atoms with Crippen LogP contribution in [-0.4, -0.2) is 27.7 Å². The van der Waals surface area contributed by atoms with Gasteiger partial charge in [-0.05, 0) is 36.2 Å². The minimum absolute atomic E-state index is 0.0662. The Morgan fingerprint density at radius 2 is 1.85 bits per heavy atom. The molecule has 0 saturated heterocycles. The van der Waals surface area contributed by atoms with E-state index < -0.39 is 21.7 Å². The van der Waals surface area contributed by atoms with Crippen LogP contribution in [0.3, 0.4) is 0 Å². The second-order valence-electron chi connectivity index (χ2n) is 5.59. The molecule has 1 amide bonds. The lowest BCUT2D eigenvalue weighted by atomic mass is 10.1. The maximum atomic E-state index is 13.2. The molecule has 26 heavy (non-hydrogen) atoms. The van der Waals surface area contributed by atoms with Gasteiger partial charge in [0.15, 0.2) is 11.6 Å². The molecule has 0 bridgehead atoms. The Kier molecular flexibility index (Phi) is 6.14. The monoisotopic (exact) mass is 384 g/mol. The van der Waals surface area contributed by atoms with Gasteiger partial charge in [-0.15, -0.1) is 0 Å². The van der Waals surface area contributed by atoms with E-state index in [1.165, 1.54) is 31.4 Å². The second kappa shape index (κ2) is 8.13. The van der Waals surface area contributed by atoms with E-state index >= 15 is 0 Å². The van der Waals surface area contributed by atoms with Crippen LogP contribution < -0.4 is 14.8 Å². The van der Waals surface area contributed by atoms with Gasteiger partial charge in [0.05, 0.1) is 19.1 Å². The van der Waals surface area contributed by atoms with Crippen molar-refractivity contribution in [2.45, 2.75) is 12.8 Å². The van der Waals surface area contributed by atoms with Crippen molar-refractivity contribution in [3.8, 4) is 5.75 Å². The van der Waals surface area contributed by atoms with Crippen LogP contribution in [0.25, 0.3) is 0 Å². The molecule has 6 nitrogen and oxygen atoms in total. The third-order valence-corrected chi connectivity index (χ3v) is 4.00. The Balaban J connectivity index is 2.00. The van der Waals surface area contributed by atoms with Crippen LogP contribution in [-0.2, 0) is 21.2 Å². The van der Waals surface area contributed by atoms with Crippen molar-refractivity contribution in [1.82, 2.24) is 0 Å². The van der Waals surface area contributed by atoms with Crippen LogP contribution in [0.5, 0.6) is 5.75 Å². The first-order valence-electron chi connectivity index (χ1n) is 7.57. The fourth-order valence-corrected chi connectivity index (χ4v) is 2.80. The van der Waals surface area contributed by atoms with Gasteiger partial charge >= 0.3 is 0 Å². The molecular weight excluding hydrogens is 366 g/mol. The predicted molar refractivity (Wildman–Crippen MR) is 94.8 cm³/mol. The Morgan fingerprint density at radius 3 is 2.46 bits per heavy atom. The molecular formula is C17H18F2N2O4S. The topological polar surface area (TPSA) is 84.5 Å². The molecule has 2 aromatic rings. The first-order chi connectivity index (χ1) is 12.2. The van der Waals surface area contributed by atoms with Crippen LogP contribution in [0, 0.1) is 11.6 Å².